The number of hydrogen-bond acceptors (Lipinski definition) is 4. The largest absolute Gasteiger partial charge is 0.465 e. The van der Waals surface area contributed by atoms with Crippen LogP contribution in [-0.2, 0) is 14.3 Å². The fraction of sp³-hybridized carbons (Fsp3) is 0.667. The molecule has 13 heavy (non-hydrogen) atoms. The van der Waals surface area contributed by atoms with Crippen molar-refractivity contribution >= 4 is 5.97 Å². The molecule has 1 atom stereocenters. The number of rotatable bonds is 4. The van der Waals surface area contributed by atoms with Gasteiger partial charge in [-0.3, -0.25) is 4.79 Å². The predicted octanol–water partition coefficient (Wildman–Crippen LogP) is -0.0833. The number of hydrogen-bond donors (Lipinski definition) is 1. The zero-order valence-corrected chi connectivity index (χ0v) is 8.00. The number of nitrogens with two attached hydrogens (primary N) is 1. The first-order valence-electron chi connectivity index (χ1n) is 4.09. The van der Waals surface area contributed by atoms with E-state index in [2.05, 4.69) is 11.8 Å². The Kier molecular flexibility index (Phi) is 6.98. The van der Waals surface area contributed by atoms with Crippen molar-refractivity contribution in [3.8, 4) is 11.8 Å². The topological polar surface area (TPSA) is 61.5 Å². The van der Waals surface area contributed by atoms with Crippen LogP contribution in [0.5, 0.6) is 0 Å². The van der Waals surface area contributed by atoms with Crippen LogP contribution in [-0.4, -0.2) is 32.3 Å². The van der Waals surface area contributed by atoms with Crippen LogP contribution >= 0.6 is 0 Å². The molecule has 0 heterocycles. The van der Waals surface area contributed by atoms with Gasteiger partial charge >= 0.3 is 5.97 Å². The van der Waals surface area contributed by atoms with Gasteiger partial charge in [0.1, 0.15) is 12.6 Å². The number of carbonyl (C=O) groups excluding carboxylic acids is 1. The molecule has 0 aliphatic rings. The van der Waals surface area contributed by atoms with Gasteiger partial charge in [-0.1, -0.05) is 11.8 Å². The number of esters is 1. The Labute approximate surface area is 78.4 Å². The molecule has 0 aromatic carbocycles. The molecule has 0 rings (SSSR count). The van der Waals surface area contributed by atoms with Gasteiger partial charge in [-0.2, -0.15) is 0 Å². The SMILES string of the molecule is CCOC(=O)C(N)CC#CCOC. The molecule has 0 aromatic rings. The molecule has 0 fully saturated rings. The van der Waals surface area contributed by atoms with Crippen LogP contribution in [0.2, 0.25) is 0 Å². The average Bonchev–Trinajstić information content (AvgIpc) is 2.12. The Morgan fingerprint density at radius 3 is 2.77 bits per heavy atom. The van der Waals surface area contributed by atoms with Gasteiger partial charge in [0.05, 0.1) is 6.61 Å². The average molecular weight is 185 g/mol. The summed E-state index contributed by atoms with van der Waals surface area (Å²) in [4.78, 5) is 11.0. The second-order valence-electron chi connectivity index (χ2n) is 2.35. The van der Waals surface area contributed by atoms with Crippen molar-refractivity contribution in [1.29, 1.82) is 0 Å². The van der Waals surface area contributed by atoms with Crippen molar-refractivity contribution in [2.45, 2.75) is 19.4 Å². The molecule has 0 bridgehead atoms. The molecule has 2 N–H and O–H groups in total. The summed E-state index contributed by atoms with van der Waals surface area (Å²) in [6.07, 6.45) is 0.308. The molecular formula is C9H15NO3. The summed E-state index contributed by atoms with van der Waals surface area (Å²) < 4.78 is 9.40. The lowest BCUT2D eigenvalue weighted by Crippen LogP contribution is -2.31. The van der Waals surface area contributed by atoms with Crippen LogP contribution in [0.25, 0.3) is 0 Å². The van der Waals surface area contributed by atoms with Crippen molar-refractivity contribution in [1.82, 2.24) is 0 Å². The van der Waals surface area contributed by atoms with E-state index in [0.717, 1.165) is 0 Å². The quantitative estimate of drug-likeness (QED) is 0.491. The second-order valence-corrected chi connectivity index (χ2v) is 2.35. The minimum absolute atomic E-state index is 0.308. The first kappa shape index (κ1) is 11.9. The highest BCUT2D eigenvalue weighted by atomic mass is 16.5. The Morgan fingerprint density at radius 2 is 2.23 bits per heavy atom. The maximum absolute atomic E-state index is 11.0. The first-order chi connectivity index (χ1) is 6.22. The molecule has 74 valence electrons. The molecule has 0 aliphatic heterocycles. The van der Waals surface area contributed by atoms with E-state index in [4.69, 9.17) is 15.2 Å². The summed E-state index contributed by atoms with van der Waals surface area (Å²) in [5, 5.41) is 0. The smallest absolute Gasteiger partial charge is 0.323 e. The van der Waals surface area contributed by atoms with Gasteiger partial charge in [-0.15, -0.1) is 0 Å². The molecule has 0 spiro atoms. The highest BCUT2D eigenvalue weighted by molar-refractivity contribution is 5.75. The first-order valence-corrected chi connectivity index (χ1v) is 4.09. The van der Waals surface area contributed by atoms with Gasteiger partial charge in [0, 0.05) is 13.5 Å². The number of ether oxygens (including phenoxy) is 2. The van der Waals surface area contributed by atoms with Crippen LogP contribution in [0.4, 0.5) is 0 Å². The summed E-state index contributed by atoms with van der Waals surface area (Å²) in [6.45, 7) is 2.44. The van der Waals surface area contributed by atoms with Crippen molar-refractivity contribution < 1.29 is 14.3 Å². The predicted molar refractivity (Wildman–Crippen MR) is 48.9 cm³/mol. The molecule has 0 saturated carbocycles. The van der Waals surface area contributed by atoms with Crippen LogP contribution < -0.4 is 5.73 Å². The van der Waals surface area contributed by atoms with E-state index in [9.17, 15) is 4.79 Å². The van der Waals surface area contributed by atoms with Gasteiger partial charge < -0.3 is 15.2 Å². The minimum atomic E-state index is -0.649. The number of carbonyl (C=O) groups is 1. The normalized spacial score (nSPS) is 11.3. The van der Waals surface area contributed by atoms with Crippen LogP contribution in [0.3, 0.4) is 0 Å². The Bertz CT molecular complexity index is 205. The van der Waals surface area contributed by atoms with Crippen molar-refractivity contribution in [2.75, 3.05) is 20.3 Å². The molecular weight excluding hydrogens is 170 g/mol. The Hall–Kier alpha value is -1.05. The number of methoxy groups -OCH3 is 1. The van der Waals surface area contributed by atoms with E-state index in [1.165, 1.54) is 0 Å². The monoisotopic (exact) mass is 185 g/mol. The maximum atomic E-state index is 11.0. The summed E-state index contributed by atoms with van der Waals surface area (Å²) in [5.74, 6) is 5.02. The molecule has 4 heteroatoms. The third-order valence-electron chi connectivity index (χ3n) is 1.25. The van der Waals surface area contributed by atoms with E-state index >= 15 is 0 Å². The fourth-order valence-corrected chi connectivity index (χ4v) is 0.638. The molecule has 0 amide bonds. The van der Waals surface area contributed by atoms with Crippen LogP contribution in [0.15, 0.2) is 0 Å². The van der Waals surface area contributed by atoms with Gasteiger partial charge in [0.25, 0.3) is 0 Å². The molecule has 0 aliphatic carbocycles. The summed E-state index contributed by atoms with van der Waals surface area (Å²) in [5.41, 5.74) is 5.47. The van der Waals surface area contributed by atoms with E-state index in [0.29, 0.717) is 19.6 Å². The Balaban J connectivity index is 3.68. The standard InChI is InChI=1S/C9H15NO3/c1-3-13-9(11)8(10)6-4-5-7-12-2/h8H,3,6-7,10H2,1-2H3. The van der Waals surface area contributed by atoms with Crippen molar-refractivity contribution in [2.24, 2.45) is 5.73 Å². The van der Waals surface area contributed by atoms with Crippen molar-refractivity contribution in [3.05, 3.63) is 0 Å². The van der Waals surface area contributed by atoms with Crippen LogP contribution in [0.1, 0.15) is 13.3 Å². The maximum Gasteiger partial charge on any atom is 0.323 e. The zero-order valence-electron chi connectivity index (χ0n) is 8.00. The lowest BCUT2D eigenvalue weighted by atomic mass is 10.2. The lowest BCUT2D eigenvalue weighted by Gasteiger charge is -2.05. The lowest BCUT2D eigenvalue weighted by molar-refractivity contribution is -0.144. The van der Waals surface area contributed by atoms with E-state index in [1.807, 2.05) is 0 Å². The zero-order chi connectivity index (χ0) is 10.1. The van der Waals surface area contributed by atoms with Gasteiger partial charge in [-0.25, -0.2) is 0 Å². The van der Waals surface area contributed by atoms with Gasteiger partial charge in [0.15, 0.2) is 0 Å². The van der Waals surface area contributed by atoms with Gasteiger partial charge in [0.2, 0.25) is 0 Å². The third kappa shape index (κ3) is 6.14. The van der Waals surface area contributed by atoms with Gasteiger partial charge in [-0.05, 0) is 6.92 Å². The van der Waals surface area contributed by atoms with E-state index < -0.39 is 12.0 Å². The summed E-state index contributed by atoms with van der Waals surface area (Å²) in [6, 6.07) is -0.649. The van der Waals surface area contributed by atoms with E-state index in [-0.39, 0.29) is 0 Å². The third-order valence-corrected chi connectivity index (χ3v) is 1.25. The minimum Gasteiger partial charge on any atom is -0.465 e. The molecule has 0 aromatic heterocycles. The summed E-state index contributed by atoms with van der Waals surface area (Å²) in [7, 11) is 1.56. The van der Waals surface area contributed by atoms with E-state index in [1.54, 1.807) is 14.0 Å². The summed E-state index contributed by atoms with van der Waals surface area (Å²) >= 11 is 0. The van der Waals surface area contributed by atoms with Crippen LogP contribution in [0, 0.1) is 11.8 Å². The Morgan fingerprint density at radius 1 is 1.54 bits per heavy atom. The fourth-order valence-electron chi connectivity index (χ4n) is 0.638. The highest BCUT2D eigenvalue weighted by Gasteiger charge is 2.11. The second kappa shape index (κ2) is 7.59. The molecule has 4 nitrogen and oxygen atoms in total. The molecule has 1 unspecified atom stereocenters. The molecule has 0 radical (unpaired) electrons. The molecule has 0 saturated heterocycles. The highest BCUT2D eigenvalue weighted by Crippen LogP contribution is 1.90. The van der Waals surface area contributed by atoms with Crippen molar-refractivity contribution in [3.63, 3.8) is 0 Å².